The van der Waals surface area contributed by atoms with Crippen LogP contribution in [0.3, 0.4) is 0 Å². The number of pyridine rings is 1. The first-order valence-corrected chi connectivity index (χ1v) is 11.8. The first-order chi connectivity index (χ1) is 15.2. The summed E-state index contributed by atoms with van der Waals surface area (Å²) in [5.41, 5.74) is 1.86. The molecule has 1 aliphatic carbocycles. The lowest BCUT2D eigenvalue weighted by molar-refractivity contribution is -0.0810. The van der Waals surface area contributed by atoms with Crippen LogP contribution in [0, 0.1) is 5.92 Å². The van der Waals surface area contributed by atoms with Crippen molar-refractivity contribution in [3.63, 3.8) is 0 Å². The SMILES string of the molecule is CC1CCC(Nc2ncc(-c3ccc(N4CCCCC4)nc3)c(OC3COC3)n2)CC1. The van der Waals surface area contributed by atoms with Gasteiger partial charge < -0.3 is 19.7 Å². The third-order valence-electron chi connectivity index (χ3n) is 6.73. The van der Waals surface area contributed by atoms with Crippen LogP contribution in [-0.4, -0.2) is 53.4 Å². The maximum atomic E-state index is 6.18. The van der Waals surface area contributed by atoms with Gasteiger partial charge in [-0.3, -0.25) is 0 Å². The van der Waals surface area contributed by atoms with Crippen molar-refractivity contribution in [3.05, 3.63) is 24.5 Å². The smallest absolute Gasteiger partial charge is 0.226 e. The Labute approximate surface area is 184 Å². The van der Waals surface area contributed by atoms with Gasteiger partial charge in [-0.15, -0.1) is 0 Å². The topological polar surface area (TPSA) is 72.4 Å². The van der Waals surface area contributed by atoms with Crippen molar-refractivity contribution in [3.8, 4) is 17.0 Å². The molecule has 2 aromatic rings. The highest BCUT2D eigenvalue weighted by Gasteiger charge is 2.24. The van der Waals surface area contributed by atoms with E-state index in [1.54, 1.807) is 0 Å². The maximum Gasteiger partial charge on any atom is 0.226 e. The minimum absolute atomic E-state index is 0.0533. The average molecular weight is 424 g/mol. The van der Waals surface area contributed by atoms with E-state index in [9.17, 15) is 0 Å². The fraction of sp³-hybridized carbons (Fsp3) is 0.625. The second-order valence-electron chi connectivity index (χ2n) is 9.24. The summed E-state index contributed by atoms with van der Waals surface area (Å²) in [6, 6.07) is 4.65. The standard InChI is InChI=1S/C24H33N5O2/c1-17-5-8-19(9-6-17)27-24-26-14-21(23(28-24)31-20-15-30-16-20)18-7-10-22(25-13-18)29-11-3-2-4-12-29/h7,10,13-14,17,19-20H,2-6,8-9,11-12,15-16H2,1H3,(H,26,27,28). The van der Waals surface area contributed by atoms with E-state index in [2.05, 4.69) is 34.3 Å². The van der Waals surface area contributed by atoms with Gasteiger partial charge in [0.2, 0.25) is 11.8 Å². The highest BCUT2D eigenvalue weighted by atomic mass is 16.6. The monoisotopic (exact) mass is 423 g/mol. The summed E-state index contributed by atoms with van der Waals surface area (Å²) in [4.78, 5) is 16.5. The summed E-state index contributed by atoms with van der Waals surface area (Å²) in [5, 5.41) is 3.53. The van der Waals surface area contributed by atoms with E-state index < -0.39 is 0 Å². The molecule has 166 valence electrons. The van der Waals surface area contributed by atoms with Gasteiger partial charge in [-0.2, -0.15) is 4.98 Å². The summed E-state index contributed by atoms with van der Waals surface area (Å²) in [5.74, 6) is 3.13. The Morgan fingerprint density at radius 2 is 1.81 bits per heavy atom. The average Bonchev–Trinajstić information content (AvgIpc) is 2.79. The van der Waals surface area contributed by atoms with Crippen LogP contribution in [0.1, 0.15) is 51.9 Å². The molecule has 3 aliphatic rings. The van der Waals surface area contributed by atoms with Crippen LogP contribution in [0.4, 0.5) is 11.8 Å². The number of anilines is 2. The van der Waals surface area contributed by atoms with Crippen LogP contribution >= 0.6 is 0 Å². The van der Waals surface area contributed by atoms with Crippen molar-refractivity contribution >= 4 is 11.8 Å². The molecule has 0 bridgehead atoms. The molecule has 4 heterocycles. The molecule has 3 fully saturated rings. The molecule has 7 nitrogen and oxygen atoms in total. The van der Waals surface area contributed by atoms with Gasteiger partial charge in [0.15, 0.2) is 0 Å². The molecule has 0 amide bonds. The Hall–Kier alpha value is -2.41. The van der Waals surface area contributed by atoms with Gasteiger partial charge in [-0.05, 0) is 63.0 Å². The molecular formula is C24H33N5O2. The van der Waals surface area contributed by atoms with E-state index in [1.165, 1.54) is 44.9 Å². The fourth-order valence-corrected chi connectivity index (χ4v) is 4.61. The number of nitrogens with one attached hydrogen (secondary N) is 1. The number of hydrogen-bond acceptors (Lipinski definition) is 7. The Bertz CT molecular complexity index is 857. The van der Waals surface area contributed by atoms with Gasteiger partial charge in [0.1, 0.15) is 11.9 Å². The molecule has 0 spiro atoms. The lowest BCUT2D eigenvalue weighted by atomic mass is 9.87. The van der Waals surface area contributed by atoms with Crippen LogP contribution in [-0.2, 0) is 4.74 Å². The molecular weight excluding hydrogens is 390 g/mol. The van der Waals surface area contributed by atoms with Gasteiger partial charge in [0.25, 0.3) is 0 Å². The number of nitrogens with zero attached hydrogens (tertiary/aromatic N) is 4. The second-order valence-corrected chi connectivity index (χ2v) is 9.24. The zero-order valence-corrected chi connectivity index (χ0v) is 18.4. The van der Waals surface area contributed by atoms with Gasteiger partial charge in [-0.1, -0.05) is 6.92 Å². The van der Waals surface area contributed by atoms with Gasteiger partial charge in [-0.25, -0.2) is 9.97 Å². The largest absolute Gasteiger partial charge is 0.469 e. The van der Waals surface area contributed by atoms with E-state index in [0.29, 0.717) is 31.1 Å². The number of aromatic nitrogens is 3. The highest BCUT2D eigenvalue weighted by Crippen LogP contribution is 2.32. The molecule has 0 unspecified atom stereocenters. The molecule has 0 aromatic carbocycles. The third-order valence-corrected chi connectivity index (χ3v) is 6.73. The van der Waals surface area contributed by atoms with Gasteiger partial charge >= 0.3 is 0 Å². The normalized spacial score (nSPS) is 24.5. The first kappa shape index (κ1) is 20.5. The summed E-state index contributed by atoms with van der Waals surface area (Å²) in [6.45, 7) is 5.73. The first-order valence-electron chi connectivity index (χ1n) is 11.8. The van der Waals surface area contributed by atoms with Crippen LogP contribution < -0.4 is 15.0 Å². The van der Waals surface area contributed by atoms with Gasteiger partial charge in [0.05, 0.1) is 18.8 Å². The Morgan fingerprint density at radius 3 is 2.48 bits per heavy atom. The molecule has 5 rings (SSSR count). The van der Waals surface area contributed by atoms with Crippen molar-refractivity contribution < 1.29 is 9.47 Å². The third kappa shape index (κ3) is 4.92. The maximum absolute atomic E-state index is 6.18. The minimum Gasteiger partial charge on any atom is -0.469 e. The van der Waals surface area contributed by atoms with Crippen molar-refractivity contribution in [2.24, 2.45) is 5.92 Å². The Morgan fingerprint density at radius 1 is 1.00 bits per heavy atom. The van der Waals surface area contributed by atoms with Crippen LogP contribution in [0.2, 0.25) is 0 Å². The number of hydrogen-bond donors (Lipinski definition) is 1. The lowest BCUT2D eigenvalue weighted by Gasteiger charge is -2.29. The molecule has 7 heteroatoms. The highest BCUT2D eigenvalue weighted by molar-refractivity contribution is 5.69. The van der Waals surface area contributed by atoms with E-state index in [-0.39, 0.29) is 6.10 Å². The quantitative estimate of drug-likeness (QED) is 0.743. The molecule has 2 aromatic heterocycles. The van der Waals surface area contributed by atoms with Crippen LogP contribution in [0.5, 0.6) is 5.88 Å². The zero-order chi connectivity index (χ0) is 21.0. The molecule has 1 N–H and O–H groups in total. The molecule has 0 radical (unpaired) electrons. The zero-order valence-electron chi connectivity index (χ0n) is 18.4. The van der Waals surface area contributed by atoms with Crippen molar-refractivity contribution in [1.29, 1.82) is 0 Å². The fourth-order valence-electron chi connectivity index (χ4n) is 4.61. The summed E-state index contributed by atoms with van der Waals surface area (Å²) >= 11 is 0. The molecule has 1 saturated carbocycles. The van der Waals surface area contributed by atoms with Crippen molar-refractivity contribution in [1.82, 2.24) is 15.0 Å². The van der Waals surface area contributed by atoms with E-state index in [0.717, 1.165) is 36.0 Å². The second kappa shape index (κ2) is 9.39. The molecule has 0 atom stereocenters. The minimum atomic E-state index is 0.0533. The molecule has 2 aliphatic heterocycles. The summed E-state index contributed by atoms with van der Waals surface area (Å²) in [7, 11) is 0. The lowest BCUT2D eigenvalue weighted by Crippen LogP contribution is -2.39. The number of piperidine rings is 1. The van der Waals surface area contributed by atoms with E-state index >= 15 is 0 Å². The molecule has 2 saturated heterocycles. The summed E-state index contributed by atoms with van der Waals surface area (Å²) < 4.78 is 11.5. The van der Waals surface area contributed by atoms with E-state index in [4.69, 9.17) is 19.4 Å². The summed E-state index contributed by atoms with van der Waals surface area (Å²) in [6.07, 6.45) is 12.5. The van der Waals surface area contributed by atoms with E-state index in [1.807, 2.05) is 12.4 Å². The molecule has 31 heavy (non-hydrogen) atoms. The van der Waals surface area contributed by atoms with Crippen LogP contribution in [0.15, 0.2) is 24.5 Å². The Balaban J connectivity index is 1.35. The predicted octanol–water partition coefficient (Wildman–Crippen LogP) is 4.30. The van der Waals surface area contributed by atoms with Gasteiger partial charge in [0, 0.05) is 37.1 Å². The van der Waals surface area contributed by atoms with Crippen molar-refractivity contribution in [2.75, 3.05) is 36.5 Å². The Kier molecular flexibility index (Phi) is 6.20. The number of ether oxygens (including phenoxy) is 2. The van der Waals surface area contributed by atoms with Crippen LogP contribution in [0.25, 0.3) is 11.1 Å². The number of rotatable bonds is 6. The van der Waals surface area contributed by atoms with Crippen molar-refractivity contribution in [2.45, 2.75) is 64.0 Å². The predicted molar refractivity (Wildman–Crippen MR) is 122 cm³/mol.